The molecule has 1 heterocycles. The molecule has 4 heteroatoms. The lowest BCUT2D eigenvalue weighted by Gasteiger charge is -2.02. The van der Waals surface area contributed by atoms with Crippen molar-refractivity contribution in [3.05, 3.63) is 36.1 Å². The molecule has 0 N–H and O–H groups in total. The van der Waals surface area contributed by atoms with E-state index < -0.39 is 0 Å². The van der Waals surface area contributed by atoms with E-state index in [0.717, 1.165) is 5.56 Å². The summed E-state index contributed by atoms with van der Waals surface area (Å²) < 4.78 is 10.3. The Labute approximate surface area is 99.2 Å². The summed E-state index contributed by atoms with van der Waals surface area (Å²) in [5, 5.41) is 3.96. The average Bonchev–Trinajstić information content (AvgIpc) is 2.72. The Balaban J connectivity index is 2.47. The van der Waals surface area contributed by atoms with Gasteiger partial charge in [0.25, 0.3) is 0 Å². The van der Waals surface area contributed by atoms with E-state index in [0.29, 0.717) is 23.6 Å². The lowest BCUT2D eigenvalue weighted by molar-refractivity contribution is -0.131. The summed E-state index contributed by atoms with van der Waals surface area (Å²) in [6.07, 6.45) is 0.627. The van der Waals surface area contributed by atoms with E-state index in [1.807, 2.05) is 37.3 Å². The van der Waals surface area contributed by atoms with Crippen LogP contribution in [0.1, 0.15) is 19.6 Å². The van der Waals surface area contributed by atoms with Crippen molar-refractivity contribution in [2.45, 2.75) is 20.3 Å². The van der Waals surface area contributed by atoms with Gasteiger partial charge in [0, 0.05) is 18.9 Å². The summed E-state index contributed by atoms with van der Waals surface area (Å²) in [5.41, 5.74) is 1.44. The van der Waals surface area contributed by atoms with E-state index in [2.05, 4.69) is 5.16 Å². The van der Waals surface area contributed by atoms with Gasteiger partial charge in [0.2, 0.25) is 5.75 Å². The third-order valence-electron chi connectivity index (χ3n) is 2.33. The van der Waals surface area contributed by atoms with Gasteiger partial charge in [-0.05, 0) is 0 Å². The van der Waals surface area contributed by atoms with E-state index >= 15 is 0 Å². The van der Waals surface area contributed by atoms with Crippen molar-refractivity contribution in [3.63, 3.8) is 0 Å². The topological polar surface area (TPSA) is 52.3 Å². The highest BCUT2D eigenvalue weighted by Gasteiger charge is 2.19. The molecule has 1 aromatic carbocycles. The highest BCUT2D eigenvalue weighted by molar-refractivity contribution is 5.75. The van der Waals surface area contributed by atoms with Gasteiger partial charge in [0.15, 0.2) is 11.5 Å². The van der Waals surface area contributed by atoms with Crippen LogP contribution >= 0.6 is 0 Å². The van der Waals surface area contributed by atoms with Gasteiger partial charge in [-0.3, -0.25) is 4.79 Å². The number of nitrogens with zero attached hydrogens (tertiary/aromatic N) is 1. The highest BCUT2D eigenvalue weighted by Crippen LogP contribution is 2.32. The number of carbonyl (C=O) groups excluding carboxylic acids is 1. The van der Waals surface area contributed by atoms with Crippen LogP contribution in [-0.4, -0.2) is 11.1 Å². The van der Waals surface area contributed by atoms with E-state index in [1.165, 1.54) is 6.92 Å². The molecule has 1 aromatic heterocycles. The standard InChI is InChI=1S/C13H13NO3/c1-3-11-13(16-9(2)15)12(14-17-11)10-7-5-4-6-8-10/h4-8H,3H2,1-2H3. The summed E-state index contributed by atoms with van der Waals surface area (Å²) in [6.45, 7) is 3.28. The first kappa shape index (κ1) is 11.4. The molecule has 0 saturated heterocycles. The summed E-state index contributed by atoms with van der Waals surface area (Å²) in [6, 6.07) is 9.49. The van der Waals surface area contributed by atoms with E-state index in [4.69, 9.17) is 9.26 Å². The van der Waals surface area contributed by atoms with Crippen LogP contribution in [0, 0.1) is 0 Å². The molecule has 0 fully saturated rings. The molecule has 0 aliphatic carbocycles. The number of aryl methyl sites for hydroxylation is 1. The molecule has 0 unspecified atom stereocenters. The maximum absolute atomic E-state index is 11.1. The zero-order valence-electron chi connectivity index (χ0n) is 9.77. The Kier molecular flexibility index (Phi) is 3.23. The Hall–Kier alpha value is -2.10. The SMILES string of the molecule is CCc1onc(-c2ccccc2)c1OC(C)=O. The maximum Gasteiger partial charge on any atom is 0.308 e. The van der Waals surface area contributed by atoms with Crippen molar-refractivity contribution >= 4 is 5.97 Å². The average molecular weight is 231 g/mol. The molecule has 0 aliphatic heterocycles. The van der Waals surface area contributed by atoms with Crippen LogP contribution < -0.4 is 4.74 Å². The number of benzene rings is 1. The minimum atomic E-state index is -0.375. The second-order valence-electron chi connectivity index (χ2n) is 3.60. The second kappa shape index (κ2) is 4.82. The molecular formula is C13H13NO3. The van der Waals surface area contributed by atoms with E-state index in [9.17, 15) is 4.79 Å². The van der Waals surface area contributed by atoms with Gasteiger partial charge in [-0.1, -0.05) is 42.4 Å². The van der Waals surface area contributed by atoms with E-state index in [1.54, 1.807) is 0 Å². The monoisotopic (exact) mass is 231 g/mol. The molecule has 0 radical (unpaired) electrons. The Bertz CT molecular complexity index is 517. The van der Waals surface area contributed by atoms with Gasteiger partial charge in [-0.15, -0.1) is 0 Å². The van der Waals surface area contributed by atoms with Crippen molar-refractivity contribution in [2.24, 2.45) is 0 Å². The normalized spacial score (nSPS) is 10.2. The summed E-state index contributed by atoms with van der Waals surface area (Å²) >= 11 is 0. The Morgan fingerprint density at radius 2 is 2.06 bits per heavy atom. The zero-order valence-corrected chi connectivity index (χ0v) is 9.77. The van der Waals surface area contributed by atoms with Crippen LogP contribution in [0.4, 0.5) is 0 Å². The first-order chi connectivity index (χ1) is 8.22. The van der Waals surface area contributed by atoms with Gasteiger partial charge in [-0.25, -0.2) is 0 Å². The van der Waals surface area contributed by atoms with Crippen molar-refractivity contribution in [1.29, 1.82) is 0 Å². The molecule has 2 aromatic rings. The molecule has 4 nitrogen and oxygen atoms in total. The summed E-state index contributed by atoms with van der Waals surface area (Å²) in [7, 11) is 0. The fourth-order valence-corrected chi connectivity index (χ4v) is 1.57. The molecule has 88 valence electrons. The summed E-state index contributed by atoms with van der Waals surface area (Å²) in [5.74, 6) is 0.630. The number of rotatable bonds is 3. The molecule has 0 amide bonds. The van der Waals surface area contributed by atoms with Gasteiger partial charge < -0.3 is 9.26 Å². The lowest BCUT2D eigenvalue weighted by atomic mass is 10.1. The molecule has 17 heavy (non-hydrogen) atoms. The second-order valence-corrected chi connectivity index (χ2v) is 3.60. The zero-order chi connectivity index (χ0) is 12.3. The van der Waals surface area contributed by atoms with Crippen molar-refractivity contribution in [2.75, 3.05) is 0 Å². The predicted octanol–water partition coefficient (Wildman–Crippen LogP) is 2.83. The fourth-order valence-electron chi connectivity index (χ4n) is 1.57. The van der Waals surface area contributed by atoms with E-state index in [-0.39, 0.29) is 5.97 Å². The van der Waals surface area contributed by atoms with Crippen LogP contribution in [-0.2, 0) is 11.2 Å². The number of aromatic nitrogens is 1. The van der Waals surface area contributed by atoms with Crippen LogP contribution in [0.15, 0.2) is 34.9 Å². The largest absolute Gasteiger partial charge is 0.420 e. The smallest absolute Gasteiger partial charge is 0.308 e. The lowest BCUT2D eigenvalue weighted by Crippen LogP contribution is -2.03. The van der Waals surface area contributed by atoms with Gasteiger partial charge in [0.05, 0.1) is 0 Å². The quantitative estimate of drug-likeness (QED) is 0.762. The van der Waals surface area contributed by atoms with Crippen molar-refractivity contribution < 1.29 is 14.1 Å². The number of carbonyl (C=O) groups is 1. The number of esters is 1. The third kappa shape index (κ3) is 2.36. The minimum Gasteiger partial charge on any atom is -0.420 e. The van der Waals surface area contributed by atoms with Crippen LogP contribution in [0.2, 0.25) is 0 Å². The van der Waals surface area contributed by atoms with Gasteiger partial charge in [0.1, 0.15) is 0 Å². The Morgan fingerprint density at radius 3 is 2.65 bits per heavy atom. The number of hydrogen-bond donors (Lipinski definition) is 0. The van der Waals surface area contributed by atoms with Gasteiger partial charge in [-0.2, -0.15) is 0 Å². The third-order valence-corrected chi connectivity index (χ3v) is 2.33. The van der Waals surface area contributed by atoms with Crippen LogP contribution in [0.3, 0.4) is 0 Å². The molecule has 0 saturated carbocycles. The van der Waals surface area contributed by atoms with Crippen molar-refractivity contribution in [3.8, 4) is 17.0 Å². The molecule has 0 spiro atoms. The first-order valence-electron chi connectivity index (χ1n) is 5.44. The molecular weight excluding hydrogens is 218 g/mol. The highest BCUT2D eigenvalue weighted by atomic mass is 16.6. The molecule has 0 bridgehead atoms. The fraction of sp³-hybridized carbons (Fsp3) is 0.231. The number of hydrogen-bond acceptors (Lipinski definition) is 4. The molecule has 0 atom stereocenters. The summed E-state index contributed by atoms with van der Waals surface area (Å²) in [4.78, 5) is 11.1. The van der Waals surface area contributed by atoms with Crippen LogP contribution in [0.25, 0.3) is 11.3 Å². The van der Waals surface area contributed by atoms with Crippen molar-refractivity contribution in [1.82, 2.24) is 5.16 Å². The number of ether oxygens (including phenoxy) is 1. The van der Waals surface area contributed by atoms with Crippen LogP contribution in [0.5, 0.6) is 5.75 Å². The minimum absolute atomic E-state index is 0.375. The molecule has 2 rings (SSSR count). The predicted molar refractivity (Wildman–Crippen MR) is 62.6 cm³/mol. The Morgan fingerprint density at radius 1 is 1.35 bits per heavy atom. The maximum atomic E-state index is 11.1. The van der Waals surface area contributed by atoms with Gasteiger partial charge >= 0.3 is 5.97 Å². The first-order valence-corrected chi connectivity index (χ1v) is 5.44. The molecule has 0 aliphatic rings.